The molecule has 32 heavy (non-hydrogen) atoms. The summed E-state index contributed by atoms with van der Waals surface area (Å²) in [7, 11) is 0. The number of phenolic OH excluding ortho intramolecular Hbond substituents is 1. The predicted molar refractivity (Wildman–Crippen MR) is 122 cm³/mol. The molecule has 0 radical (unpaired) electrons. The van der Waals surface area contributed by atoms with Crippen molar-refractivity contribution in [2.75, 3.05) is 11.5 Å². The zero-order valence-electron chi connectivity index (χ0n) is 17.0. The van der Waals surface area contributed by atoms with Gasteiger partial charge in [0, 0.05) is 0 Å². The molecular weight excluding hydrogens is 434 g/mol. The molecule has 8 heteroatoms. The van der Waals surface area contributed by atoms with E-state index in [-0.39, 0.29) is 11.7 Å². The molecule has 1 aliphatic rings. The number of benzene rings is 3. The molecule has 0 unspecified atom stereocenters. The summed E-state index contributed by atoms with van der Waals surface area (Å²) in [6.45, 7) is 2.19. The van der Waals surface area contributed by atoms with Crippen LogP contribution >= 0.6 is 11.8 Å². The summed E-state index contributed by atoms with van der Waals surface area (Å²) in [4.78, 5) is 19.5. The first-order valence-corrected chi connectivity index (χ1v) is 10.6. The number of ether oxygens (including phenoxy) is 1. The molecule has 1 aliphatic heterocycles. The van der Waals surface area contributed by atoms with Gasteiger partial charge in [0.05, 0.1) is 22.9 Å². The molecule has 1 N–H and O–H groups in total. The van der Waals surface area contributed by atoms with E-state index in [0.717, 1.165) is 11.8 Å². The topological polar surface area (TPSA) is 62.1 Å². The molecule has 1 saturated heterocycles. The van der Waals surface area contributed by atoms with E-state index in [2.05, 4.69) is 4.99 Å². The van der Waals surface area contributed by atoms with Crippen LogP contribution in [0.4, 0.5) is 20.2 Å². The van der Waals surface area contributed by atoms with Crippen LogP contribution in [0.5, 0.6) is 11.5 Å². The van der Waals surface area contributed by atoms with Crippen molar-refractivity contribution in [2.45, 2.75) is 6.92 Å². The van der Waals surface area contributed by atoms with Crippen molar-refractivity contribution >= 4 is 40.3 Å². The Labute approximate surface area is 187 Å². The molecule has 0 spiro atoms. The highest BCUT2D eigenvalue weighted by molar-refractivity contribution is 8.19. The molecule has 0 saturated carbocycles. The third-order valence-corrected chi connectivity index (χ3v) is 5.49. The van der Waals surface area contributed by atoms with Crippen LogP contribution in [-0.4, -0.2) is 22.8 Å². The highest BCUT2D eigenvalue weighted by Gasteiger charge is 2.34. The van der Waals surface area contributed by atoms with E-state index >= 15 is 0 Å². The van der Waals surface area contributed by atoms with Gasteiger partial charge in [-0.15, -0.1) is 0 Å². The first kappa shape index (κ1) is 21.6. The van der Waals surface area contributed by atoms with Gasteiger partial charge in [0.1, 0.15) is 11.6 Å². The third-order valence-electron chi connectivity index (χ3n) is 4.52. The van der Waals surface area contributed by atoms with Gasteiger partial charge in [0.2, 0.25) is 0 Å². The van der Waals surface area contributed by atoms with Gasteiger partial charge in [-0.25, -0.2) is 13.8 Å². The Hall–Kier alpha value is -3.65. The standard InChI is InChI=1S/C24H18F2N2O3S/c1-2-31-21-13-15(3-12-20(21)29)14-22-23(30)28(19-10-6-17(26)7-11-19)24(32-22)27-18-8-4-16(25)5-9-18/h3-14,29H,2H2,1H3. The van der Waals surface area contributed by atoms with Crippen LogP contribution in [0.3, 0.4) is 0 Å². The van der Waals surface area contributed by atoms with Crippen LogP contribution in [-0.2, 0) is 4.79 Å². The smallest absolute Gasteiger partial charge is 0.271 e. The second-order valence-electron chi connectivity index (χ2n) is 6.76. The molecule has 0 atom stereocenters. The number of hydrogen-bond acceptors (Lipinski definition) is 5. The van der Waals surface area contributed by atoms with E-state index in [9.17, 15) is 18.7 Å². The number of halogens is 2. The highest BCUT2D eigenvalue weighted by atomic mass is 32.2. The number of carbonyl (C=O) groups excluding carboxylic acids is 1. The van der Waals surface area contributed by atoms with Crippen LogP contribution in [0.1, 0.15) is 12.5 Å². The molecule has 5 nitrogen and oxygen atoms in total. The SMILES string of the molecule is CCOc1cc(C=C2SC(=Nc3ccc(F)cc3)N(c3ccc(F)cc3)C2=O)ccc1O. The van der Waals surface area contributed by atoms with Crippen LogP contribution in [0.15, 0.2) is 76.6 Å². The average molecular weight is 452 g/mol. The number of amides is 1. The molecule has 0 bridgehead atoms. The first-order valence-electron chi connectivity index (χ1n) is 9.74. The molecule has 3 aromatic carbocycles. The minimum absolute atomic E-state index is 0.00546. The molecule has 3 aromatic rings. The van der Waals surface area contributed by atoms with Crippen molar-refractivity contribution in [3.8, 4) is 11.5 Å². The summed E-state index contributed by atoms with van der Waals surface area (Å²) in [5.41, 5.74) is 1.58. The summed E-state index contributed by atoms with van der Waals surface area (Å²) in [6, 6.07) is 15.9. The third kappa shape index (κ3) is 4.65. The van der Waals surface area contributed by atoms with E-state index in [4.69, 9.17) is 4.74 Å². The van der Waals surface area contributed by atoms with Crippen LogP contribution in [0.25, 0.3) is 6.08 Å². The van der Waals surface area contributed by atoms with Crippen molar-refractivity contribution in [3.05, 3.63) is 88.8 Å². The van der Waals surface area contributed by atoms with Crippen molar-refractivity contribution < 1.29 is 23.4 Å². The van der Waals surface area contributed by atoms with Crippen molar-refractivity contribution in [1.29, 1.82) is 0 Å². The summed E-state index contributed by atoms with van der Waals surface area (Å²) in [5, 5.41) is 10.3. The number of phenols is 1. The number of aromatic hydroxyl groups is 1. The second kappa shape index (κ2) is 9.23. The molecule has 1 heterocycles. The number of aliphatic imine (C=N–C) groups is 1. The number of thioether (sulfide) groups is 1. The molecule has 0 aliphatic carbocycles. The van der Waals surface area contributed by atoms with Crippen LogP contribution in [0.2, 0.25) is 0 Å². The van der Waals surface area contributed by atoms with Gasteiger partial charge in [0.15, 0.2) is 16.7 Å². The quantitative estimate of drug-likeness (QED) is 0.491. The summed E-state index contributed by atoms with van der Waals surface area (Å²) in [5.74, 6) is -0.835. The summed E-state index contributed by atoms with van der Waals surface area (Å²) < 4.78 is 32.1. The molecule has 4 rings (SSSR count). The first-order chi connectivity index (χ1) is 15.4. The minimum Gasteiger partial charge on any atom is -0.504 e. The highest BCUT2D eigenvalue weighted by Crippen LogP contribution is 2.38. The maximum atomic E-state index is 13.4. The number of rotatable bonds is 5. The summed E-state index contributed by atoms with van der Waals surface area (Å²) >= 11 is 1.14. The Balaban J connectivity index is 1.75. The largest absolute Gasteiger partial charge is 0.504 e. The fourth-order valence-electron chi connectivity index (χ4n) is 3.04. The van der Waals surface area contributed by atoms with Gasteiger partial charge in [-0.1, -0.05) is 6.07 Å². The number of nitrogens with zero attached hydrogens (tertiary/aromatic N) is 2. The fourth-order valence-corrected chi connectivity index (χ4v) is 4.04. The van der Waals surface area contributed by atoms with E-state index < -0.39 is 11.6 Å². The van der Waals surface area contributed by atoms with Crippen LogP contribution in [0, 0.1) is 11.6 Å². The van der Waals surface area contributed by atoms with Crippen molar-refractivity contribution in [3.63, 3.8) is 0 Å². The van der Waals surface area contributed by atoms with Gasteiger partial charge in [-0.05, 0) is 91.0 Å². The lowest BCUT2D eigenvalue weighted by atomic mass is 10.2. The molecule has 1 amide bonds. The van der Waals surface area contributed by atoms with E-state index in [1.54, 1.807) is 25.1 Å². The lowest BCUT2D eigenvalue weighted by Gasteiger charge is -2.15. The van der Waals surface area contributed by atoms with Gasteiger partial charge < -0.3 is 9.84 Å². The number of hydrogen-bond donors (Lipinski definition) is 1. The zero-order valence-corrected chi connectivity index (χ0v) is 17.8. The van der Waals surface area contributed by atoms with E-state index in [1.165, 1.54) is 59.5 Å². The normalized spacial score (nSPS) is 16.2. The Morgan fingerprint density at radius 2 is 1.69 bits per heavy atom. The number of amidine groups is 1. The predicted octanol–water partition coefficient (Wildman–Crippen LogP) is 5.88. The van der Waals surface area contributed by atoms with Gasteiger partial charge in [0.25, 0.3) is 5.91 Å². The number of carbonyl (C=O) groups is 1. The maximum absolute atomic E-state index is 13.4. The Bertz CT molecular complexity index is 1210. The van der Waals surface area contributed by atoms with Gasteiger partial charge in [-0.3, -0.25) is 9.69 Å². The zero-order chi connectivity index (χ0) is 22.7. The summed E-state index contributed by atoms with van der Waals surface area (Å²) in [6.07, 6.45) is 1.67. The van der Waals surface area contributed by atoms with Crippen LogP contribution < -0.4 is 9.64 Å². The van der Waals surface area contributed by atoms with Gasteiger partial charge in [-0.2, -0.15) is 0 Å². The lowest BCUT2D eigenvalue weighted by molar-refractivity contribution is -0.113. The Morgan fingerprint density at radius 1 is 1.03 bits per heavy atom. The Kier molecular flexibility index (Phi) is 6.23. The van der Waals surface area contributed by atoms with E-state index in [0.29, 0.717) is 39.4 Å². The molecule has 162 valence electrons. The molecule has 1 fully saturated rings. The van der Waals surface area contributed by atoms with Crippen molar-refractivity contribution in [1.82, 2.24) is 0 Å². The lowest BCUT2D eigenvalue weighted by Crippen LogP contribution is -2.28. The minimum atomic E-state index is -0.423. The fraction of sp³-hybridized carbons (Fsp3) is 0.0833. The second-order valence-corrected chi connectivity index (χ2v) is 7.77. The van der Waals surface area contributed by atoms with Crippen molar-refractivity contribution in [2.24, 2.45) is 4.99 Å². The maximum Gasteiger partial charge on any atom is 0.271 e. The average Bonchev–Trinajstić information content (AvgIpc) is 3.07. The molecular formula is C24H18F2N2O3S. The molecule has 0 aromatic heterocycles. The van der Waals surface area contributed by atoms with E-state index in [1.807, 2.05) is 0 Å². The van der Waals surface area contributed by atoms with Gasteiger partial charge >= 0.3 is 0 Å². The Morgan fingerprint density at radius 3 is 2.34 bits per heavy atom. The number of anilines is 1. The monoisotopic (exact) mass is 452 g/mol.